The SMILES string of the molecule is CCn1c(COc2ccccc2Cl)nnc1SCC(=O)Nc1sccc1C(=O)OC. The number of amides is 1. The largest absolute Gasteiger partial charge is 0.484 e. The average molecular weight is 467 g/mol. The van der Waals surface area contributed by atoms with Crippen molar-refractivity contribution >= 4 is 51.6 Å². The van der Waals surface area contributed by atoms with Crippen LogP contribution < -0.4 is 10.1 Å². The molecule has 0 radical (unpaired) electrons. The maximum atomic E-state index is 12.3. The lowest BCUT2D eigenvalue weighted by molar-refractivity contribution is -0.113. The van der Waals surface area contributed by atoms with Crippen LogP contribution in [0.25, 0.3) is 0 Å². The van der Waals surface area contributed by atoms with Gasteiger partial charge in [-0.05, 0) is 30.5 Å². The van der Waals surface area contributed by atoms with Crippen LogP contribution in [0.2, 0.25) is 5.02 Å². The molecular formula is C19H19ClN4O4S2. The van der Waals surface area contributed by atoms with E-state index in [1.165, 1.54) is 30.2 Å². The van der Waals surface area contributed by atoms with Crippen molar-refractivity contribution in [1.29, 1.82) is 0 Å². The highest BCUT2D eigenvalue weighted by Crippen LogP contribution is 2.26. The Labute approximate surface area is 186 Å². The first kappa shape index (κ1) is 22.1. The number of halogens is 1. The number of esters is 1. The molecule has 0 fully saturated rings. The van der Waals surface area contributed by atoms with Crippen LogP contribution in [-0.2, 0) is 22.7 Å². The lowest BCUT2D eigenvalue weighted by Crippen LogP contribution is -2.16. The van der Waals surface area contributed by atoms with Crippen molar-refractivity contribution in [3.63, 3.8) is 0 Å². The summed E-state index contributed by atoms with van der Waals surface area (Å²) >= 11 is 8.62. The Morgan fingerprint density at radius 1 is 1.27 bits per heavy atom. The molecule has 0 bridgehead atoms. The fourth-order valence-electron chi connectivity index (χ4n) is 2.52. The summed E-state index contributed by atoms with van der Waals surface area (Å²) < 4.78 is 12.3. The van der Waals surface area contributed by atoms with Gasteiger partial charge in [0.2, 0.25) is 5.91 Å². The molecule has 1 N–H and O–H groups in total. The van der Waals surface area contributed by atoms with Crippen molar-refractivity contribution in [2.45, 2.75) is 25.2 Å². The number of thiophene rings is 1. The van der Waals surface area contributed by atoms with Gasteiger partial charge in [0.15, 0.2) is 11.0 Å². The topological polar surface area (TPSA) is 95.3 Å². The van der Waals surface area contributed by atoms with Crippen LogP contribution in [0.15, 0.2) is 40.9 Å². The van der Waals surface area contributed by atoms with Crippen LogP contribution in [0.1, 0.15) is 23.1 Å². The molecule has 2 aromatic heterocycles. The minimum Gasteiger partial charge on any atom is -0.484 e. The van der Waals surface area contributed by atoms with Crippen molar-refractivity contribution in [2.75, 3.05) is 18.2 Å². The van der Waals surface area contributed by atoms with Gasteiger partial charge in [0.25, 0.3) is 0 Å². The highest BCUT2D eigenvalue weighted by molar-refractivity contribution is 7.99. The predicted molar refractivity (Wildman–Crippen MR) is 116 cm³/mol. The Morgan fingerprint density at radius 2 is 2.07 bits per heavy atom. The summed E-state index contributed by atoms with van der Waals surface area (Å²) in [7, 11) is 1.30. The van der Waals surface area contributed by atoms with E-state index < -0.39 is 5.97 Å². The number of benzene rings is 1. The summed E-state index contributed by atoms with van der Waals surface area (Å²) in [5.41, 5.74) is 0.330. The molecule has 11 heteroatoms. The lowest BCUT2D eigenvalue weighted by atomic mass is 10.3. The third-order valence-electron chi connectivity index (χ3n) is 3.96. The van der Waals surface area contributed by atoms with Crippen LogP contribution in [0.5, 0.6) is 5.75 Å². The zero-order valence-corrected chi connectivity index (χ0v) is 18.6. The van der Waals surface area contributed by atoms with E-state index in [0.29, 0.717) is 38.9 Å². The van der Waals surface area contributed by atoms with Gasteiger partial charge in [-0.25, -0.2) is 4.79 Å². The molecule has 3 rings (SSSR count). The van der Waals surface area contributed by atoms with Gasteiger partial charge in [-0.3, -0.25) is 4.79 Å². The molecule has 0 saturated heterocycles. The molecule has 8 nitrogen and oxygen atoms in total. The summed E-state index contributed by atoms with van der Waals surface area (Å²) in [4.78, 5) is 24.0. The minimum absolute atomic E-state index is 0.113. The Bertz CT molecular complexity index is 1040. The van der Waals surface area contributed by atoms with E-state index in [2.05, 4.69) is 15.5 Å². The summed E-state index contributed by atoms with van der Waals surface area (Å²) in [5, 5.41) is 14.4. The standard InChI is InChI=1S/C19H19ClN4O4S2/c1-3-24-15(10-28-14-7-5-4-6-13(14)20)22-23-19(24)30-11-16(25)21-17-12(8-9-29-17)18(26)27-2/h4-9H,3,10-11H2,1-2H3,(H,21,25). The number of methoxy groups -OCH3 is 1. The number of rotatable bonds is 9. The summed E-state index contributed by atoms with van der Waals surface area (Å²) in [6.07, 6.45) is 0. The van der Waals surface area contributed by atoms with Crippen molar-refractivity contribution in [3.8, 4) is 5.75 Å². The second kappa shape index (κ2) is 10.5. The Hall–Kier alpha value is -2.56. The van der Waals surface area contributed by atoms with Gasteiger partial charge in [-0.2, -0.15) is 0 Å². The molecule has 1 aromatic carbocycles. The molecule has 0 aliphatic carbocycles. The van der Waals surface area contributed by atoms with E-state index >= 15 is 0 Å². The Kier molecular flexibility index (Phi) is 7.72. The summed E-state index contributed by atoms with van der Waals surface area (Å²) in [6.45, 7) is 2.78. The third-order valence-corrected chi connectivity index (χ3v) is 6.07. The van der Waals surface area contributed by atoms with Crippen molar-refractivity contribution in [2.24, 2.45) is 0 Å². The van der Waals surface area contributed by atoms with Gasteiger partial charge in [0.1, 0.15) is 17.4 Å². The molecular weight excluding hydrogens is 448 g/mol. The van der Waals surface area contributed by atoms with E-state index in [1.807, 2.05) is 23.6 Å². The number of nitrogens with one attached hydrogen (secondary N) is 1. The highest BCUT2D eigenvalue weighted by atomic mass is 35.5. The van der Waals surface area contributed by atoms with E-state index in [4.69, 9.17) is 21.1 Å². The first-order chi connectivity index (χ1) is 14.5. The predicted octanol–water partition coefficient (Wildman–Crippen LogP) is 4.11. The molecule has 0 spiro atoms. The number of anilines is 1. The summed E-state index contributed by atoms with van der Waals surface area (Å²) in [6, 6.07) is 8.81. The van der Waals surface area contributed by atoms with Crippen LogP contribution in [0, 0.1) is 0 Å². The molecule has 0 aliphatic heterocycles. The van der Waals surface area contributed by atoms with Gasteiger partial charge >= 0.3 is 5.97 Å². The van der Waals surface area contributed by atoms with Crippen LogP contribution in [-0.4, -0.2) is 39.5 Å². The number of aromatic nitrogens is 3. The number of hydrogen-bond donors (Lipinski definition) is 1. The normalized spacial score (nSPS) is 10.6. The third kappa shape index (κ3) is 5.32. The van der Waals surface area contributed by atoms with Gasteiger partial charge in [-0.15, -0.1) is 21.5 Å². The second-order valence-corrected chi connectivity index (χ2v) is 8.12. The lowest BCUT2D eigenvalue weighted by Gasteiger charge is -2.10. The first-order valence-electron chi connectivity index (χ1n) is 8.91. The molecule has 158 valence electrons. The van der Waals surface area contributed by atoms with E-state index in [9.17, 15) is 9.59 Å². The number of para-hydroxylation sites is 1. The van der Waals surface area contributed by atoms with Crippen molar-refractivity contribution in [3.05, 3.63) is 52.1 Å². The smallest absolute Gasteiger partial charge is 0.340 e. The number of nitrogens with zero attached hydrogens (tertiary/aromatic N) is 3. The number of hydrogen-bond acceptors (Lipinski definition) is 8. The maximum Gasteiger partial charge on any atom is 0.340 e. The fraction of sp³-hybridized carbons (Fsp3) is 0.263. The van der Waals surface area contributed by atoms with E-state index in [0.717, 1.165) is 0 Å². The number of ether oxygens (including phenoxy) is 2. The molecule has 1 amide bonds. The Morgan fingerprint density at radius 3 is 2.80 bits per heavy atom. The van der Waals surface area contributed by atoms with Crippen molar-refractivity contribution < 1.29 is 19.1 Å². The molecule has 30 heavy (non-hydrogen) atoms. The zero-order chi connectivity index (χ0) is 21.5. The number of carbonyl (C=O) groups is 2. The molecule has 0 saturated carbocycles. The van der Waals surface area contributed by atoms with Crippen molar-refractivity contribution in [1.82, 2.24) is 14.8 Å². The monoisotopic (exact) mass is 466 g/mol. The first-order valence-corrected chi connectivity index (χ1v) is 11.2. The minimum atomic E-state index is -0.493. The quantitative estimate of drug-likeness (QED) is 0.374. The maximum absolute atomic E-state index is 12.3. The zero-order valence-electron chi connectivity index (χ0n) is 16.3. The molecule has 2 heterocycles. The van der Waals surface area contributed by atoms with Crippen LogP contribution in [0.4, 0.5) is 5.00 Å². The van der Waals surface area contributed by atoms with Gasteiger partial charge in [-0.1, -0.05) is 35.5 Å². The molecule has 0 atom stereocenters. The molecule has 0 unspecified atom stereocenters. The summed E-state index contributed by atoms with van der Waals surface area (Å²) in [5.74, 6) is 0.560. The average Bonchev–Trinajstić information content (AvgIpc) is 3.37. The van der Waals surface area contributed by atoms with E-state index in [1.54, 1.807) is 23.6 Å². The van der Waals surface area contributed by atoms with Crippen LogP contribution >= 0.6 is 34.7 Å². The van der Waals surface area contributed by atoms with Gasteiger partial charge in [0.05, 0.1) is 23.4 Å². The number of carbonyl (C=O) groups excluding carboxylic acids is 2. The van der Waals surface area contributed by atoms with Gasteiger partial charge < -0.3 is 19.4 Å². The highest BCUT2D eigenvalue weighted by Gasteiger charge is 2.17. The fourth-order valence-corrected chi connectivity index (χ4v) is 4.33. The molecule has 3 aromatic rings. The molecule has 0 aliphatic rings. The van der Waals surface area contributed by atoms with Crippen LogP contribution in [0.3, 0.4) is 0 Å². The van der Waals surface area contributed by atoms with Gasteiger partial charge in [0, 0.05) is 6.54 Å². The number of thioether (sulfide) groups is 1. The Balaban J connectivity index is 1.59. The van der Waals surface area contributed by atoms with E-state index in [-0.39, 0.29) is 18.3 Å². The second-order valence-electron chi connectivity index (χ2n) is 5.85.